The first-order valence-electron chi connectivity index (χ1n) is 6.31. The van der Waals surface area contributed by atoms with E-state index in [2.05, 4.69) is 26.3 Å². The van der Waals surface area contributed by atoms with Gasteiger partial charge in [0.25, 0.3) is 0 Å². The molecule has 1 N–H and O–H groups in total. The maximum Gasteiger partial charge on any atom is 0.119 e. The highest BCUT2D eigenvalue weighted by molar-refractivity contribution is 9.10. The van der Waals surface area contributed by atoms with E-state index in [9.17, 15) is 0 Å². The molecule has 0 radical (unpaired) electrons. The molecule has 0 aliphatic rings. The minimum atomic E-state index is 0.674. The Bertz CT molecular complexity index is 496. The van der Waals surface area contributed by atoms with Gasteiger partial charge in [-0.25, -0.2) is 0 Å². The SMILES string of the molecule is Cn1nccc1CCNCCOc1ccc(Br)cc1. The molecule has 2 rings (SSSR count). The van der Waals surface area contributed by atoms with Crippen molar-refractivity contribution in [3.63, 3.8) is 0 Å². The Labute approximate surface area is 121 Å². The highest BCUT2D eigenvalue weighted by Gasteiger charge is 1.98. The van der Waals surface area contributed by atoms with Crippen molar-refractivity contribution < 1.29 is 4.74 Å². The highest BCUT2D eigenvalue weighted by Crippen LogP contribution is 2.15. The minimum Gasteiger partial charge on any atom is -0.492 e. The molecule has 5 heteroatoms. The summed E-state index contributed by atoms with van der Waals surface area (Å²) in [5.41, 5.74) is 1.24. The number of nitrogens with zero attached hydrogens (tertiary/aromatic N) is 2. The maximum atomic E-state index is 5.62. The standard InChI is InChI=1S/C14H18BrN3O/c1-18-13(7-9-17-18)6-8-16-10-11-19-14-4-2-12(15)3-5-14/h2-5,7,9,16H,6,8,10-11H2,1H3. The molecule has 1 aromatic heterocycles. The van der Waals surface area contributed by atoms with E-state index in [-0.39, 0.29) is 0 Å². The van der Waals surface area contributed by atoms with Gasteiger partial charge in [-0.15, -0.1) is 0 Å². The smallest absolute Gasteiger partial charge is 0.119 e. The van der Waals surface area contributed by atoms with Crippen molar-refractivity contribution in [3.05, 3.63) is 46.7 Å². The van der Waals surface area contributed by atoms with Crippen LogP contribution < -0.4 is 10.1 Å². The molecule has 4 nitrogen and oxygen atoms in total. The van der Waals surface area contributed by atoms with E-state index < -0.39 is 0 Å². The highest BCUT2D eigenvalue weighted by atomic mass is 79.9. The molecular weight excluding hydrogens is 306 g/mol. The Morgan fingerprint density at radius 1 is 1.21 bits per heavy atom. The van der Waals surface area contributed by atoms with Gasteiger partial charge in [0.1, 0.15) is 12.4 Å². The first kappa shape index (κ1) is 14.1. The van der Waals surface area contributed by atoms with Gasteiger partial charge in [0.15, 0.2) is 0 Å². The average Bonchev–Trinajstić information content (AvgIpc) is 2.81. The van der Waals surface area contributed by atoms with E-state index in [0.717, 1.165) is 29.7 Å². The number of hydrogen-bond acceptors (Lipinski definition) is 3. The minimum absolute atomic E-state index is 0.674. The van der Waals surface area contributed by atoms with E-state index >= 15 is 0 Å². The molecule has 0 amide bonds. The van der Waals surface area contributed by atoms with Crippen molar-refractivity contribution in [2.75, 3.05) is 19.7 Å². The molecule has 102 valence electrons. The van der Waals surface area contributed by atoms with Crippen LogP contribution in [0.4, 0.5) is 0 Å². The molecule has 0 atom stereocenters. The van der Waals surface area contributed by atoms with Crippen molar-refractivity contribution in [1.82, 2.24) is 15.1 Å². The van der Waals surface area contributed by atoms with E-state index in [4.69, 9.17) is 4.74 Å². The van der Waals surface area contributed by atoms with Gasteiger partial charge in [0, 0.05) is 42.9 Å². The zero-order valence-electron chi connectivity index (χ0n) is 11.0. The molecule has 1 aromatic carbocycles. The van der Waals surface area contributed by atoms with E-state index in [1.807, 2.05) is 48.3 Å². The van der Waals surface area contributed by atoms with Crippen LogP contribution >= 0.6 is 15.9 Å². The number of nitrogens with one attached hydrogen (secondary N) is 1. The number of hydrogen-bond donors (Lipinski definition) is 1. The van der Waals surface area contributed by atoms with Gasteiger partial charge in [-0.2, -0.15) is 5.10 Å². The summed E-state index contributed by atoms with van der Waals surface area (Å²) in [5, 5.41) is 7.50. The summed E-state index contributed by atoms with van der Waals surface area (Å²) in [4.78, 5) is 0. The summed E-state index contributed by atoms with van der Waals surface area (Å²) in [7, 11) is 1.96. The lowest BCUT2D eigenvalue weighted by Gasteiger charge is -2.07. The third kappa shape index (κ3) is 4.69. The molecule has 19 heavy (non-hydrogen) atoms. The molecule has 0 saturated heterocycles. The zero-order valence-corrected chi connectivity index (χ0v) is 12.6. The number of halogens is 1. The Morgan fingerprint density at radius 3 is 2.68 bits per heavy atom. The average molecular weight is 324 g/mol. The molecule has 0 aliphatic heterocycles. The number of benzene rings is 1. The number of ether oxygens (including phenoxy) is 1. The molecule has 1 heterocycles. The molecular formula is C14H18BrN3O. The number of aryl methyl sites for hydroxylation is 1. The van der Waals surface area contributed by atoms with Crippen molar-refractivity contribution >= 4 is 15.9 Å². The maximum absolute atomic E-state index is 5.62. The number of aromatic nitrogens is 2. The third-order valence-corrected chi connectivity index (χ3v) is 3.37. The first-order chi connectivity index (χ1) is 9.25. The van der Waals surface area contributed by atoms with Gasteiger partial charge >= 0.3 is 0 Å². The molecule has 0 unspecified atom stereocenters. The Kier molecular flexibility index (Phi) is 5.42. The summed E-state index contributed by atoms with van der Waals surface area (Å²) in [6.45, 7) is 2.45. The monoisotopic (exact) mass is 323 g/mol. The van der Waals surface area contributed by atoms with Crippen molar-refractivity contribution in [2.24, 2.45) is 7.05 Å². The molecule has 2 aromatic rings. The van der Waals surface area contributed by atoms with Crippen LogP contribution in [0.5, 0.6) is 5.75 Å². The van der Waals surface area contributed by atoms with Crippen LogP contribution in [-0.2, 0) is 13.5 Å². The van der Waals surface area contributed by atoms with Crippen LogP contribution in [-0.4, -0.2) is 29.5 Å². The molecule has 0 spiro atoms. The lowest BCUT2D eigenvalue weighted by atomic mass is 10.3. The van der Waals surface area contributed by atoms with Crippen LogP contribution in [0.25, 0.3) is 0 Å². The van der Waals surface area contributed by atoms with Gasteiger partial charge < -0.3 is 10.1 Å². The summed E-state index contributed by atoms with van der Waals surface area (Å²) in [5.74, 6) is 0.900. The predicted octanol–water partition coefficient (Wildman–Crippen LogP) is 2.39. The second-order valence-electron chi connectivity index (χ2n) is 4.25. The fraction of sp³-hybridized carbons (Fsp3) is 0.357. The van der Waals surface area contributed by atoms with Crippen LogP contribution in [0.3, 0.4) is 0 Å². The Hall–Kier alpha value is -1.33. The Morgan fingerprint density at radius 2 is 2.00 bits per heavy atom. The Balaban J connectivity index is 1.57. The normalized spacial score (nSPS) is 10.6. The molecule has 0 saturated carbocycles. The van der Waals surface area contributed by atoms with Gasteiger partial charge in [-0.3, -0.25) is 4.68 Å². The van der Waals surface area contributed by atoms with Crippen molar-refractivity contribution in [2.45, 2.75) is 6.42 Å². The zero-order chi connectivity index (χ0) is 13.5. The van der Waals surface area contributed by atoms with Gasteiger partial charge in [0.05, 0.1) is 0 Å². The lowest BCUT2D eigenvalue weighted by Crippen LogP contribution is -2.23. The fourth-order valence-electron chi connectivity index (χ4n) is 1.76. The topological polar surface area (TPSA) is 39.1 Å². The number of rotatable bonds is 7. The quantitative estimate of drug-likeness (QED) is 0.795. The van der Waals surface area contributed by atoms with Gasteiger partial charge in [-0.1, -0.05) is 15.9 Å². The fourth-order valence-corrected chi connectivity index (χ4v) is 2.02. The second-order valence-corrected chi connectivity index (χ2v) is 5.16. The van der Waals surface area contributed by atoms with Crippen LogP contribution in [0.15, 0.2) is 41.0 Å². The van der Waals surface area contributed by atoms with E-state index in [1.54, 1.807) is 0 Å². The summed E-state index contributed by atoms with van der Waals surface area (Å²) >= 11 is 3.40. The first-order valence-corrected chi connectivity index (χ1v) is 7.11. The van der Waals surface area contributed by atoms with Crippen molar-refractivity contribution in [3.8, 4) is 5.75 Å². The second kappa shape index (κ2) is 7.31. The van der Waals surface area contributed by atoms with Crippen molar-refractivity contribution in [1.29, 1.82) is 0 Å². The molecule has 0 fully saturated rings. The van der Waals surface area contributed by atoms with Crippen LogP contribution in [0, 0.1) is 0 Å². The summed E-state index contributed by atoms with van der Waals surface area (Å²) < 4.78 is 8.59. The predicted molar refractivity (Wildman–Crippen MR) is 79.4 cm³/mol. The van der Waals surface area contributed by atoms with E-state index in [0.29, 0.717) is 6.61 Å². The van der Waals surface area contributed by atoms with Gasteiger partial charge in [-0.05, 0) is 30.3 Å². The largest absolute Gasteiger partial charge is 0.492 e. The molecule has 0 aliphatic carbocycles. The third-order valence-electron chi connectivity index (χ3n) is 2.84. The van der Waals surface area contributed by atoms with Crippen LogP contribution in [0.1, 0.15) is 5.69 Å². The van der Waals surface area contributed by atoms with Crippen LogP contribution in [0.2, 0.25) is 0 Å². The summed E-state index contributed by atoms with van der Waals surface area (Å²) in [6, 6.07) is 9.91. The molecule has 0 bridgehead atoms. The summed E-state index contributed by atoms with van der Waals surface area (Å²) in [6.07, 6.45) is 2.81. The van der Waals surface area contributed by atoms with E-state index in [1.165, 1.54) is 5.69 Å². The lowest BCUT2D eigenvalue weighted by molar-refractivity contribution is 0.314. The van der Waals surface area contributed by atoms with Gasteiger partial charge in [0.2, 0.25) is 0 Å².